The van der Waals surface area contributed by atoms with Gasteiger partial charge in [-0.2, -0.15) is 0 Å². The molecule has 0 saturated carbocycles. The van der Waals surface area contributed by atoms with E-state index in [1.54, 1.807) is 6.92 Å². The second kappa shape index (κ2) is 14.5. The maximum Gasteiger partial charge on any atom is 0.326 e. The number of carboxylic acid groups (broad SMARTS) is 2. The molecule has 2 aromatic heterocycles. The van der Waals surface area contributed by atoms with Crippen LogP contribution in [0, 0.1) is 5.92 Å². The van der Waals surface area contributed by atoms with Crippen LogP contribution in [0.2, 0.25) is 0 Å². The number of amides is 3. The van der Waals surface area contributed by atoms with Crippen LogP contribution in [0.4, 0.5) is 0 Å². The summed E-state index contributed by atoms with van der Waals surface area (Å²) in [7, 11) is 0. The molecular formula is C23H34N8O7. The Morgan fingerprint density at radius 1 is 0.895 bits per heavy atom. The van der Waals surface area contributed by atoms with Gasteiger partial charge in [0.25, 0.3) is 0 Å². The van der Waals surface area contributed by atoms with Crippen molar-refractivity contribution < 1.29 is 34.2 Å². The molecule has 5 atom stereocenters. The van der Waals surface area contributed by atoms with Crippen molar-refractivity contribution in [3.63, 3.8) is 0 Å². The minimum absolute atomic E-state index is 0.111. The fourth-order valence-corrected chi connectivity index (χ4v) is 3.57. The van der Waals surface area contributed by atoms with Crippen molar-refractivity contribution in [3.8, 4) is 0 Å². The van der Waals surface area contributed by atoms with Crippen molar-refractivity contribution in [2.45, 2.75) is 70.1 Å². The highest BCUT2D eigenvalue weighted by Gasteiger charge is 2.33. The van der Waals surface area contributed by atoms with E-state index in [9.17, 15) is 29.1 Å². The number of hydrogen-bond acceptors (Lipinski definition) is 8. The average Bonchev–Trinajstić information content (AvgIpc) is 3.58. The van der Waals surface area contributed by atoms with E-state index in [0.29, 0.717) is 17.8 Å². The molecule has 2 heterocycles. The van der Waals surface area contributed by atoms with Crippen molar-refractivity contribution in [1.29, 1.82) is 0 Å². The highest BCUT2D eigenvalue weighted by molar-refractivity contribution is 5.94. The van der Waals surface area contributed by atoms with Gasteiger partial charge >= 0.3 is 11.9 Å². The van der Waals surface area contributed by atoms with Gasteiger partial charge in [0.05, 0.1) is 18.7 Å². The van der Waals surface area contributed by atoms with Gasteiger partial charge in [-0.15, -0.1) is 0 Å². The van der Waals surface area contributed by atoms with Crippen LogP contribution in [0.5, 0.6) is 0 Å². The normalized spacial score (nSPS) is 14.9. The van der Waals surface area contributed by atoms with Crippen molar-refractivity contribution in [2.24, 2.45) is 11.7 Å². The third-order valence-electron chi connectivity index (χ3n) is 6.00. The van der Waals surface area contributed by atoms with Gasteiger partial charge in [-0.1, -0.05) is 20.3 Å². The van der Waals surface area contributed by atoms with Crippen LogP contribution in [0.15, 0.2) is 25.0 Å². The number of carbonyl (C=O) groups is 5. The summed E-state index contributed by atoms with van der Waals surface area (Å²) >= 11 is 0. The Balaban J connectivity index is 2.14. The second-order valence-electron chi connectivity index (χ2n) is 8.93. The van der Waals surface area contributed by atoms with Crippen LogP contribution in [0.25, 0.3) is 0 Å². The smallest absolute Gasteiger partial charge is 0.326 e. The van der Waals surface area contributed by atoms with E-state index in [2.05, 4.69) is 35.9 Å². The van der Waals surface area contributed by atoms with Crippen molar-refractivity contribution in [3.05, 3.63) is 36.4 Å². The Bertz CT molecular complexity index is 1070. The second-order valence-corrected chi connectivity index (χ2v) is 8.93. The topological polar surface area (TPSA) is 245 Å². The number of carboxylic acids is 2. The van der Waals surface area contributed by atoms with Crippen LogP contribution < -0.4 is 21.7 Å². The lowest BCUT2D eigenvalue weighted by molar-refractivity contribution is -0.143. The first-order valence-electron chi connectivity index (χ1n) is 12.1. The minimum Gasteiger partial charge on any atom is -0.481 e. The number of aromatic nitrogens is 4. The van der Waals surface area contributed by atoms with Gasteiger partial charge in [0.15, 0.2) is 0 Å². The predicted octanol–water partition coefficient (Wildman–Crippen LogP) is -1.30. The quantitative estimate of drug-likeness (QED) is 0.126. The van der Waals surface area contributed by atoms with Gasteiger partial charge in [-0.05, 0) is 12.3 Å². The van der Waals surface area contributed by atoms with Gasteiger partial charge in [0.2, 0.25) is 17.7 Å². The Kier molecular flexibility index (Phi) is 11.4. The molecule has 0 aromatic carbocycles. The molecule has 208 valence electrons. The van der Waals surface area contributed by atoms with Crippen molar-refractivity contribution in [2.75, 3.05) is 0 Å². The molecule has 38 heavy (non-hydrogen) atoms. The Hall–Kier alpha value is -4.27. The summed E-state index contributed by atoms with van der Waals surface area (Å²) in [4.78, 5) is 75.1. The third-order valence-corrected chi connectivity index (χ3v) is 6.00. The number of H-pyrrole nitrogens is 2. The standard InChI is InChI=1S/C23H34N8O7/c1-3-12(2)19(31-20(34)15(24)6-13-8-25-10-27-13)22(36)29-16(4-5-18(32)33)21(35)30-17(23(37)38)7-14-9-26-11-28-14/h8-12,15-17,19H,3-7,24H2,1-2H3,(H,25,27)(H,26,28)(H,29,36)(H,30,35)(H,31,34)(H,32,33)(H,37,38). The molecule has 0 saturated heterocycles. The van der Waals surface area contributed by atoms with Gasteiger partial charge < -0.3 is 41.9 Å². The van der Waals surface area contributed by atoms with E-state index in [0.717, 1.165) is 0 Å². The zero-order valence-corrected chi connectivity index (χ0v) is 21.1. The molecule has 9 N–H and O–H groups in total. The summed E-state index contributed by atoms with van der Waals surface area (Å²) in [5.41, 5.74) is 7.07. The lowest BCUT2D eigenvalue weighted by Gasteiger charge is -2.27. The summed E-state index contributed by atoms with van der Waals surface area (Å²) in [5, 5.41) is 26.1. The Labute approximate surface area is 218 Å². The monoisotopic (exact) mass is 534 g/mol. The van der Waals surface area contributed by atoms with E-state index >= 15 is 0 Å². The molecule has 0 fully saturated rings. The number of aromatic amines is 2. The summed E-state index contributed by atoms with van der Waals surface area (Å²) in [6, 6.07) is -4.80. The van der Waals surface area contributed by atoms with Crippen LogP contribution in [-0.4, -0.2) is 84.0 Å². The molecule has 15 heteroatoms. The molecule has 2 rings (SSSR count). The van der Waals surface area contributed by atoms with E-state index in [4.69, 9.17) is 10.8 Å². The fraction of sp³-hybridized carbons (Fsp3) is 0.522. The Morgan fingerprint density at radius 3 is 1.97 bits per heavy atom. The van der Waals surface area contributed by atoms with E-state index in [1.165, 1.54) is 25.0 Å². The van der Waals surface area contributed by atoms with Gasteiger partial charge in [0.1, 0.15) is 18.1 Å². The first-order chi connectivity index (χ1) is 18.0. The number of nitrogens with zero attached hydrogens (tertiary/aromatic N) is 2. The molecule has 0 aliphatic carbocycles. The maximum absolute atomic E-state index is 13.2. The van der Waals surface area contributed by atoms with Crippen LogP contribution in [-0.2, 0) is 36.8 Å². The van der Waals surface area contributed by atoms with E-state index in [-0.39, 0.29) is 25.2 Å². The van der Waals surface area contributed by atoms with E-state index < -0.39 is 60.2 Å². The van der Waals surface area contributed by atoms with Crippen molar-refractivity contribution in [1.82, 2.24) is 35.9 Å². The van der Waals surface area contributed by atoms with Gasteiger partial charge in [0, 0.05) is 43.0 Å². The number of nitrogens with one attached hydrogen (secondary N) is 5. The number of hydrogen-bond donors (Lipinski definition) is 8. The number of rotatable bonds is 16. The minimum atomic E-state index is -1.37. The summed E-state index contributed by atoms with van der Waals surface area (Å²) in [5.74, 6) is -5.11. The van der Waals surface area contributed by atoms with Crippen LogP contribution in [0.3, 0.4) is 0 Å². The van der Waals surface area contributed by atoms with Gasteiger partial charge in [-0.25, -0.2) is 14.8 Å². The fourth-order valence-electron chi connectivity index (χ4n) is 3.57. The molecule has 3 amide bonds. The van der Waals surface area contributed by atoms with E-state index in [1.807, 2.05) is 6.92 Å². The molecule has 0 bridgehead atoms. The summed E-state index contributed by atoms with van der Waals surface area (Å²) in [6.07, 6.45) is 5.49. The zero-order chi connectivity index (χ0) is 28.2. The number of aliphatic carboxylic acids is 2. The molecule has 0 aliphatic heterocycles. The summed E-state index contributed by atoms with van der Waals surface area (Å²) < 4.78 is 0. The number of carbonyl (C=O) groups excluding carboxylic acids is 3. The number of imidazole rings is 2. The molecule has 0 radical (unpaired) electrons. The maximum atomic E-state index is 13.2. The zero-order valence-electron chi connectivity index (χ0n) is 21.1. The molecule has 0 aliphatic rings. The largest absolute Gasteiger partial charge is 0.481 e. The molecule has 5 unspecified atom stereocenters. The highest BCUT2D eigenvalue weighted by Crippen LogP contribution is 2.11. The third kappa shape index (κ3) is 9.31. The Morgan fingerprint density at radius 2 is 1.47 bits per heavy atom. The average molecular weight is 535 g/mol. The lowest BCUT2D eigenvalue weighted by atomic mass is 9.96. The van der Waals surface area contributed by atoms with Gasteiger partial charge in [-0.3, -0.25) is 19.2 Å². The molecule has 2 aromatic rings. The SMILES string of the molecule is CCC(C)C(NC(=O)C(N)Cc1cnc[nH]1)C(=O)NC(CCC(=O)O)C(=O)NC(Cc1cnc[nH]1)C(=O)O. The molecular weight excluding hydrogens is 500 g/mol. The predicted molar refractivity (Wildman–Crippen MR) is 132 cm³/mol. The van der Waals surface area contributed by atoms with Crippen LogP contribution in [0.1, 0.15) is 44.5 Å². The first-order valence-corrected chi connectivity index (χ1v) is 12.1. The first kappa shape index (κ1) is 30.0. The number of nitrogens with two attached hydrogens (primary N) is 1. The van der Waals surface area contributed by atoms with Crippen molar-refractivity contribution >= 4 is 29.7 Å². The van der Waals surface area contributed by atoms with Crippen LogP contribution >= 0.6 is 0 Å². The summed E-state index contributed by atoms with van der Waals surface area (Å²) in [6.45, 7) is 3.53. The molecule has 0 spiro atoms. The lowest BCUT2D eigenvalue weighted by Crippen LogP contribution is -2.59. The highest BCUT2D eigenvalue weighted by atomic mass is 16.4. The molecule has 15 nitrogen and oxygen atoms in total.